The summed E-state index contributed by atoms with van der Waals surface area (Å²) in [5.74, 6) is -3.60. The predicted molar refractivity (Wildman–Crippen MR) is 58.2 cm³/mol. The molecule has 0 bridgehead atoms. The molecule has 0 fully saturated rings. The third-order valence-corrected chi connectivity index (χ3v) is 2.64. The van der Waals surface area contributed by atoms with Gasteiger partial charge in [-0.2, -0.15) is 17.6 Å². The van der Waals surface area contributed by atoms with Crippen LogP contribution in [-0.2, 0) is 11.0 Å². The van der Waals surface area contributed by atoms with Crippen LogP contribution < -0.4 is 0 Å². The number of alkyl halides is 3. The summed E-state index contributed by atoms with van der Waals surface area (Å²) in [5.41, 5.74) is -1.76. The van der Waals surface area contributed by atoms with Gasteiger partial charge in [-0.05, 0) is 18.2 Å². The van der Waals surface area contributed by atoms with E-state index in [-0.39, 0.29) is 5.02 Å². The van der Waals surface area contributed by atoms with Crippen LogP contribution in [0.2, 0.25) is 10.0 Å². The van der Waals surface area contributed by atoms with Crippen LogP contribution in [0.3, 0.4) is 0 Å². The van der Waals surface area contributed by atoms with E-state index in [9.17, 15) is 22.4 Å². The number of rotatable bonds is 2. The highest BCUT2D eigenvalue weighted by molar-refractivity contribution is 6.37. The number of hydrogen-bond donors (Lipinski definition) is 1. The number of aliphatic carboxylic acids is 1. The van der Waals surface area contributed by atoms with Crippen molar-refractivity contribution in [2.75, 3.05) is 0 Å². The van der Waals surface area contributed by atoms with Gasteiger partial charge in [-0.3, -0.25) is 0 Å². The van der Waals surface area contributed by atoms with Crippen molar-refractivity contribution in [3.8, 4) is 0 Å². The molecule has 18 heavy (non-hydrogen) atoms. The second-order valence-corrected chi connectivity index (χ2v) is 3.90. The largest absolute Gasteiger partial charge is 0.476 e. The van der Waals surface area contributed by atoms with E-state index < -0.39 is 34.1 Å². The molecule has 1 rings (SSSR count). The minimum atomic E-state index is -4.75. The fraction of sp³-hybridized carbons (Fsp3) is 0.100. The Morgan fingerprint density at radius 2 is 1.83 bits per heavy atom. The van der Waals surface area contributed by atoms with Crippen LogP contribution in [0.1, 0.15) is 11.1 Å². The van der Waals surface area contributed by atoms with Gasteiger partial charge in [-0.25, -0.2) is 4.79 Å². The van der Waals surface area contributed by atoms with Crippen molar-refractivity contribution in [1.29, 1.82) is 0 Å². The average molecular weight is 303 g/mol. The number of halogens is 6. The topological polar surface area (TPSA) is 37.3 Å². The van der Waals surface area contributed by atoms with Gasteiger partial charge in [-0.1, -0.05) is 23.2 Å². The third-order valence-electron chi connectivity index (χ3n) is 1.91. The lowest BCUT2D eigenvalue weighted by Gasteiger charge is -2.11. The number of hydrogen-bond acceptors (Lipinski definition) is 1. The molecule has 0 aliphatic carbocycles. The molecule has 2 nitrogen and oxygen atoms in total. The lowest BCUT2D eigenvalue weighted by molar-refractivity contribution is -0.137. The van der Waals surface area contributed by atoms with Gasteiger partial charge >= 0.3 is 12.1 Å². The molecule has 0 radical (unpaired) electrons. The zero-order valence-electron chi connectivity index (χ0n) is 8.36. The van der Waals surface area contributed by atoms with Crippen LogP contribution in [0.5, 0.6) is 0 Å². The first-order valence-corrected chi connectivity index (χ1v) is 5.06. The Balaban J connectivity index is 3.46. The summed E-state index contributed by atoms with van der Waals surface area (Å²) < 4.78 is 50.4. The summed E-state index contributed by atoms with van der Waals surface area (Å²) in [7, 11) is 0. The van der Waals surface area contributed by atoms with Crippen molar-refractivity contribution >= 4 is 35.2 Å². The zero-order valence-corrected chi connectivity index (χ0v) is 9.87. The Hall–Kier alpha value is -1.27. The van der Waals surface area contributed by atoms with Gasteiger partial charge in [0.05, 0.1) is 10.6 Å². The lowest BCUT2D eigenvalue weighted by Crippen LogP contribution is -2.07. The smallest absolute Gasteiger partial charge is 0.417 e. The lowest BCUT2D eigenvalue weighted by atomic mass is 10.1. The molecule has 0 atom stereocenters. The Bertz CT molecular complexity index is 523. The van der Waals surface area contributed by atoms with Gasteiger partial charge in [0, 0.05) is 10.6 Å². The first-order valence-electron chi connectivity index (χ1n) is 4.30. The maximum Gasteiger partial charge on any atom is 0.417 e. The number of carbonyl (C=O) groups is 1. The summed E-state index contributed by atoms with van der Waals surface area (Å²) >= 11 is 11.0. The molecule has 0 saturated heterocycles. The minimum absolute atomic E-state index is 0.288. The number of carboxylic acid groups (broad SMARTS) is 1. The second kappa shape index (κ2) is 5.16. The predicted octanol–water partition coefficient (Wildman–Crippen LogP) is 4.41. The SMILES string of the molecule is O=C(O)C(F)=Cc1c(Cl)ccc(C(F)(F)F)c1Cl. The number of benzene rings is 1. The Morgan fingerprint density at radius 1 is 1.28 bits per heavy atom. The summed E-state index contributed by atoms with van der Waals surface area (Å²) in [6.07, 6.45) is -4.41. The highest BCUT2D eigenvalue weighted by Gasteiger charge is 2.34. The molecule has 1 N–H and O–H groups in total. The fourth-order valence-corrected chi connectivity index (χ4v) is 1.70. The van der Waals surface area contributed by atoms with Gasteiger partial charge in [0.15, 0.2) is 0 Å². The van der Waals surface area contributed by atoms with E-state index in [4.69, 9.17) is 28.3 Å². The first kappa shape index (κ1) is 14.8. The zero-order chi connectivity index (χ0) is 14.1. The Morgan fingerprint density at radius 3 is 2.28 bits per heavy atom. The van der Waals surface area contributed by atoms with Crippen molar-refractivity contribution in [2.24, 2.45) is 0 Å². The van der Waals surface area contributed by atoms with Crippen molar-refractivity contribution in [3.05, 3.63) is 39.1 Å². The standard InChI is InChI=1S/C10H4Cl2F4O2/c11-6-2-1-5(10(14,15)16)8(12)4(6)3-7(13)9(17)18/h1-3H,(H,17,18). The highest BCUT2D eigenvalue weighted by atomic mass is 35.5. The summed E-state index contributed by atoms with van der Waals surface area (Å²) in [6, 6.07) is 1.48. The molecule has 1 aromatic rings. The third kappa shape index (κ3) is 3.14. The monoisotopic (exact) mass is 302 g/mol. The molecule has 0 unspecified atom stereocenters. The van der Waals surface area contributed by atoms with E-state index in [2.05, 4.69) is 0 Å². The molecule has 0 aliphatic rings. The van der Waals surface area contributed by atoms with E-state index in [1.165, 1.54) is 0 Å². The molecule has 8 heteroatoms. The molecule has 0 amide bonds. The van der Waals surface area contributed by atoms with E-state index in [1.807, 2.05) is 0 Å². The van der Waals surface area contributed by atoms with Crippen molar-refractivity contribution in [2.45, 2.75) is 6.18 Å². The van der Waals surface area contributed by atoms with Gasteiger partial charge in [0.1, 0.15) is 0 Å². The van der Waals surface area contributed by atoms with Crippen LogP contribution in [-0.4, -0.2) is 11.1 Å². The van der Waals surface area contributed by atoms with Gasteiger partial charge in [0.2, 0.25) is 5.83 Å². The van der Waals surface area contributed by atoms with Crippen LogP contribution in [0, 0.1) is 0 Å². The molecular formula is C10H4Cl2F4O2. The van der Waals surface area contributed by atoms with E-state index in [0.717, 1.165) is 6.07 Å². The molecule has 0 spiro atoms. The highest BCUT2D eigenvalue weighted by Crippen LogP contribution is 2.39. The molecule has 0 aliphatic heterocycles. The molecule has 1 aromatic carbocycles. The Kier molecular flexibility index (Phi) is 4.24. The van der Waals surface area contributed by atoms with Crippen LogP contribution in [0.15, 0.2) is 18.0 Å². The molecule has 0 heterocycles. The molecule has 0 aromatic heterocycles. The van der Waals surface area contributed by atoms with E-state index in [0.29, 0.717) is 12.1 Å². The van der Waals surface area contributed by atoms with Crippen molar-refractivity contribution < 1.29 is 27.5 Å². The normalized spacial score (nSPS) is 12.7. The summed E-state index contributed by atoms with van der Waals surface area (Å²) in [5, 5.41) is 7.16. The minimum Gasteiger partial charge on any atom is -0.476 e. The van der Waals surface area contributed by atoms with Crippen LogP contribution in [0.4, 0.5) is 17.6 Å². The van der Waals surface area contributed by atoms with Gasteiger partial charge in [-0.15, -0.1) is 0 Å². The molecule has 98 valence electrons. The maximum absolute atomic E-state index is 12.9. The second-order valence-electron chi connectivity index (χ2n) is 3.12. The average Bonchev–Trinajstić information content (AvgIpc) is 2.21. The quantitative estimate of drug-likeness (QED) is 0.649. The fourth-order valence-electron chi connectivity index (χ4n) is 1.11. The first-order chi connectivity index (χ1) is 8.14. The molecular weight excluding hydrogens is 299 g/mol. The molecule has 0 saturated carbocycles. The Labute approximate surface area is 108 Å². The van der Waals surface area contributed by atoms with Crippen molar-refractivity contribution in [3.63, 3.8) is 0 Å². The van der Waals surface area contributed by atoms with Crippen molar-refractivity contribution in [1.82, 2.24) is 0 Å². The van der Waals surface area contributed by atoms with Crippen LogP contribution in [0.25, 0.3) is 6.08 Å². The van der Waals surface area contributed by atoms with E-state index >= 15 is 0 Å². The number of carboxylic acids is 1. The van der Waals surface area contributed by atoms with Crippen LogP contribution >= 0.6 is 23.2 Å². The van der Waals surface area contributed by atoms with Gasteiger partial charge in [0.25, 0.3) is 0 Å². The summed E-state index contributed by atoms with van der Waals surface area (Å²) in [4.78, 5) is 10.3. The maximum atomic E-state index is 12.9. The van der Waals surface area contributed by atoms with Gasteiger partial charge < -0.3 is 5.11 Å². The summed E-state index contributed by atoms with van der Waals surface area (Å²) in [6.45, 7) is 0. The van der Waals surface area contributed by atoms with E-state index in [1.54, 1.807) is 0 Å².